The van der Waals surface area contributed by atoms with E-state index in [4.69, 9.17) is 16.3 Å². The summed E-state index contributed by atoms with van der Waals surface area (Å²) in [6, 6.07) is 4.66. The molecular formula is C16H23ClN2O2. The number of ether oxygens (including phenoxy) is 1. The van der Waals surface area contributed by atoms with Crippen molar-refractivity contribution in [2.75, 3.05) is 20.2 Å². The molecule has 0 aliphatic carbocycles. The molecule has 2 N–H and O–H groups in total. The average Bonchev–Trinajstić information content (AvgIpc) is 3.12. The highest BCUT2D eigenvalue weighted by Crippen LogP contribution is 2.36. The average molecular weight is 311 g/mol. The maximum atomic E-state index is 10.3. The molecule has 116 valence electrons. The third-order valence-electron chi connectivity index (χ3n) is 4.69. The van der Waals surface area contributed by atoms with E-state index >= 15 is 0 Å². The van der Waals surface area contributed by atoms with Crippen LogP contribution in [0.1, 0.15) is 31.2 Å². The fourth-order valence-electron chi connectivity index (χ4n) is 3.67. The van der Waals surface area contributed by atoms with Gasteiger partial charge in [0.25, 0.3) is 0 Å². The number of rotatable bonds is 4. The second-order valence-corrected chi connectivity index (χ2v) is 6.44. The number of nitrogens with one attached hydrogen (secondary N) is 1. The van der Waals surface area contributed by atoms with Gasteiger partial charge in [-0.25, -0.2) is 0 Å². The van der Waals surface area contributed by atoms with E-state index in [9.17, 15) is 5.11 Å². The molecule has 1 aromatic carbocycles. The van der Waals surface area contributed by atoms with Gasteiger partial charge in [0.05, 0.1) is 7.11 Å². The molecule has 2 atom stereocenters. The Morgan fingerprint density at radius 1 is 1.38 bits per heavy atom. The van der Waals surface area contributed by atoms with Gasteiger partial charge in [-0.1, -0.05) is 11.6 Å². The molecule has 3 rings (SSSR count). The molecule has 21 heavy (non-hydrogen) atoms. The van der Waals surface area contributed by atoms with Gasteiger partial charge in [0.2, 0.25) is 0 Å². The number of methoxy groups -OCH3 is 1. The number of aromatic hydroxyl groups is 1. The van der Waals surface area contributed by atoms with Crippen LogP contribution in [0.5, 0.6) is 11.5 Å². The first-order chi connectivity index (χ1) is 10.2. The van der Waals surface area contributed by atoms with Gasteiger partial charge in [-0.05, 0) is 44.8 Å². The fraction of sp³-hybridized carbons (Fsp3) is 0.625. The minimum absolute atomic E-state index is 0.215. The van der Waals surface area contributed by atoms with Gasteiger partial charge in [-0.2, -0.15) is 0 Å². The van der Waals surface area contributed by atoms with Gasteiger partial charge in [0, 0.05) is 35.3 Å². The third-order valence-corrected chi connectivity index (χ3v) is 4.91. The lowest BCUT2D eigenvalue weighted by Crippen LogP contribution is -2.43. The Morgan fingerprint density at radius 3 is 2.95 bits per heavy atom. The topological polar surface area (TPSA) is 44.7 Å². The standard InChI is InChI=1S/C16H23ClN2O2/c1-21-15-9-12(17)8-11(16(15)20)10-19-7-3-5-14(19)13-4-2-6-18-13/h8-9,13-14,18,20H,2-7,10H2,1H3. The minimum atomic E-state index is 0.215. The number of benzene rings is 1. The predicted octanol–water partition coefficient (Wildman–Crippen LogP) is 2.77. The number of hydrogen-bond donors (Lipinski definition) is 2. The molecule has 0 aromatic heterocycles. The van der Waals surface area contributed by atoms with Crippen molar-refractivity contribution in [1.29, 1.82) is 0 Å². The molecule has 2 aliphatic rings. The highest BCUT2D eigenvalue weighted by molar-refractivity contribution is 6.30. The van der Waals surface area contributed by atoms with Crippen LogP contribution in [0, 0.1) is 0 Å². The molecule has 2 aliphatic heterocycles. The molecule has 2 fully saturated rings. The van der Waals surface area contributed by atoms with Crippen LogP contribution < -0.4 is 10.1 Å². The Bertz CT molecular complexity index is 503. The predicted molar refractivity (Wildman–Crippen MR) is 84.1 cm³/mol. The van der Waals surface area contributed by atoms with Crippen molar-refractivity contribution in [3.63, 3.8) is 0 Å². The number of halogens is 1. The first-order valence-electron chi connectivity index (χ1n) is 7.72. The SMILES string of the molecule is COc1cc(Cl)cc(CN2CCCC2C2CCCN2)c1O. The van der Waals surface area contributed by atoms with Crippen LogP contribution in [0.2, 0.25) is 5.02 Å². The number of likely N-dealkylation sites (tertiary alicyclic amines) is 1. The minimum Gasteiger partial charge on any atom is -0.504 e. The van der Waals surface area contributed by atoms with Crippen LogP contribution in [0.15, 0.2) is 12.1 Å². The van der Waals surface area contributed by atoms with Crippen molar-refractivity contribution in [1.82, 2.24) is 10.2 Å². The van der Waals surface area contributed by atoms with Gasteiger partial charge in [0.1, 0.15) is 0 Å². The zero-order valence-corrected chi connectivity index (χ0v) is 13.2. The van der Waals surface area contributed by atoms with Crippen molar-refractivity contribution in [3.8, 4) is 11.5 Å². The first kappa shape index (κ1) is 14.9. The van der Waals surface area contributed by atoms with Crippen LogP contribution in [-0.2, 0) is 6.54 Å². The number of hydrogen-bond acceptors (Lipinski definition) is 4. The molecule has 0 radical (unpaired) electrons. The summed E-state index contributed by atoms with van der Waals surface area (Å²) in [5, 5.41) is 14.5. The summed E-state index contributed by atoms with van der Waals surface area (Å²) in [5.41, 5.74) is 0.851. The summed E-state index contributed by atoms with van der Waals surface area (Å²) < 4.78 is 5.19. The lowest BCUT2D eigenvalue weighted by atomic mass is 10.0. The van der Waals surface area contributed by atoms with Crippen LogP contribution in [0.25, 0.3) is 0 Å². The van der Waals surface area contributed by atoms with Crippen LogP contribution in [0.4, 0.5) is 0 Å². The summed E-state index contributed by atoms with van der Waals surface area (Å²) >= 11 is 6.13. The van der Waals surface area contributed by atoms with Gasteiger partial charge in [0.15, 0.2) is 11.5 Å². The molecular weight excluding hydrogens is 288 g/mol. The van der Waals surface area contributed by atoms with E-state index in [-0.39, 0.29) is 5.75 Å². The van der Waals surface area contributed by atoms with E-state index in [1.165, 1.54) is 25.7 Å². The van der Waals surface area contributed by atoms with E-state index < -0.39 is 0 Å². The summed E-state index contributed by atoms with van der Waals surface area (Å²) in [5.74, 6) is 0.666. The molecule has 5 heteroatoms. The lowest BCUT2D eigenvalue weighted by Gasteiger charge is -2.29. The molecule has 2 heterocycles. The fourth-order valence-corrected chi connectivity index (χ4v) is 3.90. The molecule has 0 amide bonds. The lowest BCUT2D eigenvalue weighted by molar-refractivity contribution is 0.204. The van der Waals surface area contributed by atoms with Crippen molar-refractivity contribution in [3.05, 3.63) is 22.7 Å². The molecule has 0 bridgehead atoms. The molecule has 1 aromatic rings. The van der Waals surface area contributed by atoms with Crippen molar-refractivity contribution in [2.45, 2.75) is 44.3 Å². The zero-order chi connectivity index (χ0) is 14.8. The Balaban J connectivity index is 1.77. The summed E-state index contributed by atoms with van der Waals surface area (Å²) in [7, 11) is 1.55. The van der Waals surface area contributed by atoms with Gasteiger partial charge in [-0.15, -0.1) is 0 Å². The van der Waals surface area contributed by atoms with Crippen molar-refractivity contribution < 1.29 is 9.84 Å². The van der Waals surface area contributed by atoms with E-state index in [0.29, 0.717) is 22.9 Å². The molecule has 0 spiro atoms. The highest BCUT2D eigenvalue weighted by atomic mass is 35.5. The van der Waals surface area contributed by atoms with E-state index in [2.05, 4.69) is 10.2 Å². The molecule has 2 saturated heterocycles. The van der Waals surface area contributed by atoms with Crippen LogP contribution in [0.3, 0.4) is 0 Å². The van der Waals surface area contributed by atoms with Crippen molar-refractivity contribution in [2.24, 2.45) is 0 Å². The van der Waals surface area contributed by atoms with E-state index in [1.807, 2.05) is 6.07 Å². The van der Waals surface area contributed by atoms with Gasteiger partial charge < -0.3 is 15.2 Å². The second kappa shape index (κ2) is 6.42. The Hall–Kier alpha value is -0.970. The molecule has 2 unspecified atom stereocenters. The zero-order valence-electron chi connectivity index (χ0n) is 12.4. The number of phenols is 1. The maximum Gasteiger partial charge on any atom is 0.162 e. The Kier molecular flexibility index (Phi) is 4.57. The van der Waals surface area contributed by atoms with E-state index in [0.717, 1.165) is 25.2 Å². The summed E-state index contributed by atoms with van der Waals surface area (Å²) in [4.78, 5) is 2.47. The normalized spacial score (nSPS) is 26.4. The van der Waals surface area contributed by atoms with Crippen molar-refractivity contribution >= 4 is 11.6 Å². The monoisotopic (exact) mass is 310 g/mol. The Morgan fingerprint density at radius 2 is 2.24 bits per heavy atom. The Labute approximate surface area is 131 Å². The first-order valence-corrected chi connectivity index (χ1v) is 8.09. The van der Waals surface area contributed by atoms with Gasteiger partial charge in [-0.3, -0.25) is 4.90 Å². The number of phenolic OH excluding ortho intramolecular Hbond substituents is 1. The second-order valence-electron chi connectivity index (χ2n) is 6.00. The summed E-state index contributed by atoms with van der Waals surface area (Å²) in [6.07, 6.45) is 4.98. The molecule has 4 nitrogen and oxygen atoms in total. The van der Waals surface area contributed by atoms with Crippen LogP contribution in [-0.4, -0.2) is 42.3 Å². The number of nitrogens with zero attached hydrogens (tertiary/aromatic N) is 1. The quantitative estimate of drug-likeness (QED) is 0.897. The largest absolute Gasteiger partial charge is 0.504 e. The van der Waals surface area contributed by atoms with Gasteiger partial charge >= 0.3 is 0 Å². The third kappa shape index (κ3) is 3.12. The van der Waals surface area contributed by atoms with Crippen LogP contribution >= 0.6 is 11.6 Å². The van der Waals surface area contributed by atoms with E-state index in [1.54, 1.807) is 13.2 Å². The smallest absolute Gasteiger partial charge is 0.162 e. The molecule has 0 saturated carbocycles. The summed E-state index contributed by atoms with van der Waals surface area (Å²) in [6.45, 7) is 2.94. The maximum absolute atomic E-state index is 10.3. The highest BCUT2D eigenvalue weighted by Gasteiger charge is 2.33.